The fourth-order valence-corrected chi connectivity index (χ4v) is 1.93. The van der Waals surface area contributed by atoms with Crippen LogP contribution in [0.3, 0.4) is 0 Å². The van der Waals surface area contributed by atoms with E-state index in [9.17, 15) is 9.90 Å². The van der Waals surface area contributed by atoms with Gasteiger partial charge in [0, 0.05) is 12.6 Å². The van der Waals surface area contributed by atoms with Gasteiger partial charge in [-0.05, 0) is 31.0 Å². The van der Waals surface area contributed by atoms with Crippen LogP contribution >= 0.6 is 0 Å². The minimum Gasteiger partial charge on any atom is -0.507 e. The molecule has 94 valence electrons. The maximum Gasteiger partial charge on any atom is 0.356 e. The largest absolute Gasteiger partial charge is 0.507 e. The highest BCUT2D eigenvalue weighted by molar-refractivity contribution is 5.87. The lowest BCUT2D eigenvalue weighted by molar-refractivity contribution is 0.0689. The van der Waals surface area contributed by atoms with Crippen LogP contribution in [0.1, 0.15) is 21.6 Å². The molecule has 0 bridgehead atoms. The molecule has 0 saturated carbocycles. The van der Waals surface area contributed by atoms with Gasteiger partial charge in [0.2, 0.25) is 0 Å². The highest BCUT2D eigenvalue weighted by Crippen LogP contribution is 2.34. The molecule has 0 aliphatic rings. The van der Waals surface area contributed by atoms with Crippen LogP contribution < -0.4 is 0 Å². The van der Waals surface area contributed by atoms with Gasteiger partial charge in [-0.3, -0.25) is 4.68 Å². The molecule has 0 unspecified atom stereocenters. The number of carbonyl (C=O) groups is 1. The van der Waals surface area contributed by atoms with Crippen molar-refractivity contribution in [1.82, 2.24) is 9.78 Å². The van der Waals surface area contributed by atoms with E-state index in [-0.39, 0.29) is 11.4 Å². The molecule has 1 aromatic heterocycles. The molecule has 2 N–H and O–H groups in total. The predicted molar refractivity (Wildman–Crippen MR) is 66.7 cm³/mol. The molecule has 18 heavy (non-hydrogen) atoms. The van der Waals surface area contributed by atoms with Crippen molar-refractivity contribution in [1.29, 1.82) is 0 Å². The van der Waals surface area contributed by atoms with E-state index in [1.54, 1.807) is 14.0 Å². The summed E-state index contributed by atoms with van der Waals surface area (Å²) in [5.41, 5.74) is 2.79. The quantitative estimate of drug-likeness (QED) is 0.851. The molecule has 5 heteroatoms. The Kier molecular flexibility index (Phi) is 2.82. The number of aromatic nitrogens is 2. The van der Waals surface area contributed by atoms with Crippen molar-refractivity contribution >= 4 is 5.97 Å². The standard InChI is InChI=1S/C13H14N2O3/c1-7-4-5-8(2)12(16)11(7)10-6-9(13(17)18)14-15(10)3/h4-6,16H,1-3H3,(H,17,18). The maximum atomic E-state index is 10.9. The second kappa shape index (κ2) is 4.18. The first kappa shape index (κ1) is 12.2. The fraction of sp³-hybridized carbons (Fsp3) is 0.231. The number of benzene rings is 1. The fourth-order valence-electron chi connectivity index (χ4n) is 1.93. The number of hydrogen-bond donors (Lipinski definition) is 2. The van der Waals surface area contributed by atoms with E-state index in [1.165, 1.54) is 10.7 Å². The number of aryl methyl sites for hydroxylation is 3. The van der Waals surface area contributed by atoms with Crippen molar-refractivity contribution in [3.8, 4) is 17.0 Å². The highest BCUT2D eigenvalue weighted by Gasteiger charge is 2.17. The highest BCUT2D eigenvalue weighted by atomic mass is 16.4. The number of phenols is 1. The zero-order valence-electron chi connectivity index (χ0n) is 10.4. The Morgan fingerprint density at radius 1 is 1.28 bits per heavy atom. The Morgan fingerprint density at radius 2 is 1.89 bits per heavy atom. The van der Waals surface area contributed by atoms with Crippen LogP contribution in [-0.2, 0) is 7.05 Å². The normalized spacial score (nSPS) is 10.6. The van der Waals surface area contributed by atoms with Gasteiger partial charge in [0.1, 0.15) is 5.75 Å². The first-order valence-electron chi connectivity index (χ1n) is 5.48. The summed E-state index contributed by atoms with van der Waals surface area (Å²) in [5.74, 6) is -0.920. The molecule has 0 radical (unpaired) electrons. The van der Waals surface area contributed by atoms with E-state index < -0.39 is 5.97 Å². The van der Waals surface area contributed by atoms with Gasteiger partial charge >= 0.3 is 5.97 Å². The summed E-state index contributed by atoms with van der Waals surface area (Å²) < 4.78 is 1.46. The van der Waals surface area contributed by atoms with E-state index in [0.717, 1.165) is 11.1 Å². The van der Waals surface area contributed by atoms with Gasteiger partial charge in [0.15, 0.2) is 5.69 Å². The van der Waals surface area contributed by atoms with E-state index >= 15 is 0 Å². The molecule has 0 amide bonds. The molecule has 1 heterocycles. The maximum absolute atomic E-state index is 10.9. The summed E-state index contributed by atoms with van der Waals surface area (Å²) in [5, 5.41) is 22.9. The van der Waals surface area contributed by atoms with Gasteiger partial charge in [-0.25, -0.2) is 4.79 Å². The first-order valence-corrected chi connectivity index (χ1v) is 5.48. The monoisotopic (exact) mass is 246 g/mol. The Morgan fingerprint density at radius 3 is 2.44 bits per heavy atom. The molecule has 0 aliphatic carbocycles. The Hall–Kier alpha value is -2.30. The summed E-state index contributed by atoms with van der Waals surface area (Å²) in [6.07, 6.45) is 0. The predicted octanol–water partition coefficient (Wildman–Crippen LogP) is 2.11. The third-order valence-electron chi connectivity index (χ3n) is 2.94. The molecular weight excluding hydrogens is 232 g/mol. The van der Waals surface area contributed by atoms with E-state index in [0.29, 0.717) is 11.3 Å². The number of carboxylic acid groups (broad SMARTS) is 1. The van der Waals surface area contributed by atoms with Crippen molar-refractivity contribution < 1.29 is 15.0 Å². The lowest BCUT2D eigenvalue weighted by atomic mass is 10.0. The van der Waals surface area contributed by atoms with Crippen LogP contribution in [0, 0.1) is 13.8 Å². The van der Waals surface area contributed by atoms with Crippen LogP contribution in [-0.4, -0.2) is 26.0 Å². The SMILES string of the molecule is Cc1ccc(C)c(-c2cc(C(=O)O)nn2C)c1O. The number of nitrogens with zero attached hydrogens (tertiary/aromatic N) is 2. The third-order valence-corrected chi connectivity index (χ3v) is 2.94. The van der Waals surface area contributed by atoms with Gasteiger partial charge in [-0.15, -0.1) is 0 Å². The minimum absolute atomic E-state index is 0.0344. The summed E-state index contributed by atoms with van der Waals surface area (Å²) in [4.78, 5) is 10.9. The van der Waals surface area contributed by atoms with Crippen LogP contribution in [0.5, 0.6) is 5.75 Å². The lowest BCUT2D eigenvalue weighted by Gasteiger charge is -2.10. The van der Waals surface area contributed by atoms with Gasteiger partial charge in [-0.1, -0.05) is 12.1 Å². The second-order valence-electron chi connectivity index (χ2n) is 4.27. The number of phenolic OH excluding ortho intramolecular Hbond substituents is 1. The molecule has 2 aromatic rings. The molecule has 5 nitrogen and oxygen atoms in total. The zero-order valence-corrected chi connectivity index (χ0v) is 10.4. The van der Waals surface area contributed by atoms with Gasteiger partial charge in [0.25, 0.3) is 0 Å². The smallest absolute Gasteiger partial charge is 0.356 e. The Labute approximate surface area is 104 Å². The average molecular weight is 246 g/mol. The summed E-state index contributed by atoms with van der Waals surface area (Å²) in [7, 11) is 1.66. The van der Waals surface area contributed by atoms with Gasteiger partial charge in [-0.2, -0.15) is 5.10 Å². The molecule has 1 aromatic carbocycles. The molecule has 0 saturated heterocycles. The van der Waals surface area contributed by atoms with Crippen molar-refractivity contribution in [2.75, 3.05) is 0 Å². The average Bonchev–Trinajstić information content (AvgIpc) is 2.67. The number of aromatic carboxylic acids is 1. The number of rotatable bonds is 2. The Balaban J connectivity index is 2.69. The second-order valence-corrected chi connectivity index (χ2v) is 4.27. The minimum atomic E-state index is -1.08. The molecule has 0 fully saturated rings. The molecule has 2 rings (SSSR count). The molecule has 0 aliphatic heterocycles. The van der Waals surface area contributed by atoms with Gasteiger partial charge < -0.3 is 10.2 Å². The van der Waals surface area contributed by atoms with E-state index in [4.69, 9.17) is 5.11 Å². The van der Waals surface area contributed by atoms with E-state index in [1.807, 2.05) is 19.1 Å². The molecule has 0 atom stereocenters. The summed E-state index contributed by atoms with van der Waals surface area (Å²) >= 11 is 0. The zero-order chi connectivity index (χ0) is 13.4. The number of aromatic hydroxyl groups is 1. The summed E-state index contributed by atoms with van der Waals surface area (Å²) in [6, 6.07) is 5.17. The Bertz CT molecular complexity index is 629. The van der Waals surface area contributed by atoms with Crippen LogP contribution in [0.4, 0.5) is 0 Å². The van der Waals surface area contributed by atoms with Crippen molar-refractivity contribution in [3.63, 3.8) is 0 Å². The first-order chi connectivity index (χ1) is 8.41. The van der Waals surface area contributed by atoms with Gasteiger partial charge in [0.05, 0.1) is 5.69 Å². The molecular formula is C13H14N2O3. The summed E-state index contributed by atoms with van der Waals surface area (Å²) in [6.45, 7) is 3.66. The topological polar surface area (TPSA) is 75.3 Å². The lowest BCUT2D eigenvalue weighted by Crippen LogP contribution is -1.99. The van der Waals surface area contributed by atoms with Crippen LogP contribution in [0.25, 0.3) is 11.3 Å². The molecule has 0 spiro atoms. The third kappa shape index (κ3) is 1.84. The van der Waals surface area contributed by atoms with Crippen molar-refractivity contribution in [3.05, 3.63) is 35.0 Å². The van der Waals surface area contributed by atoms with Crippen LogP contribution in [0.2, 0.25) is 0 Å². The van der Waals surface area contributed by atoms with E-state index in [2.05, 4.69) is 5.10 Å². The number of hydrogen-bond acceptors (Lipinski definition) is 3. The number of carboxylic acids is 1. The van der Waals surface area contributed by atoms with Crippen molar-refractivity contribution in [2.45, 2.75) is 13.8 Å². The van der Waals surface area contributed by atoms with Crippen LogP contribution in [0.15, 0.2) is 18.2 Å². The van der Waals surface area contributed by atoms with Crippen molar-refractivity contribution in [2.24, 2.45) is 7.05 Å².